The second kappa shape index (κ2) is 7.38. The van der Waals surface area contributed by atoms with Crippen molar-refractivity contribution in [3.05, 3.63) is 71.3 Å². The van der Waals surface area contributed by atoms with Crippen molar-refractivity contribution in [2.24, 2.45) is 0 Å². The normalized spacial score (nSPS) is 16.5. The first-order valence-electron chi connectivity index (χ1n) is 8.79. The second-order valence-electron chi connectivity index (χ2n) is 7.05. The van der Waals surface area contributed by atoms with Crippen LogP contribution in [0.3, 0.4) is 0 Å². The largest absolute Gasteiger partial charge is 0.394 e. The fourth-order valence-corrected chi connectivity index (χ4v) is 3.61. The second-order valence-corrected chi connectivity index (χ2v) is 7.05. The third-order valence-corrected chi connectivity index (χ3v) is 5.15. The van der Waals surface area contributed by atoms with E-state index in [1.807, 2.05) is 44.3 Å². The van der Waals surface area contributed by atoms with Crippen molar-refractivity contribution in [1.29, 1.82) is 0 Å². The fourth-order valence-electron chi connectivity index (χ4n) is 3.61. The van der Waals surface area contributed by atoms with Crippen LogP contribution in [0, 0.1) is 0 Å². The predicted molar refractivity (Wildman–Crippen MR) is 99.2 cm³/mol. The van der Waals surface area contributed by atoms with Crippen LogP contribution in [0.25, 0.3) is 0 Å². The van der Waals surface area contributed by atoms with E-state index in [0.29, 0.717) is 19.4 Å². The van der Waals surface area contributed by atoms with Gasteiger partial charge in [0.2, 0.25) is 5.91 Å². The molecule has 1 aliphatic carbocycles. The van der Waals surface area contributed by atoms with Crippen molar-refractivity contribution in [2.45, 2.75) is 37.9 Å². The van der Waals surface area contributed by atoms with Gasteiger partial charge in [-0.2, -0.15) is 0 Å². The monoisotopic (exact) mass is 338 g/mol. The number of aliphatic hydroxyl groups excluding tert-OH is 1. The number of amides is 1. The van der Waals surface area contributed by atoms with Gasteiger partial charge in [-0.05, 0) is 30.7 Å². The summed E-state index contributed by atoms with van der Waals surface area (Å²) in [5, 5.41) is 12.3. The fraction of sp³-hybridized carbons (Fsp3) is 0.381. The van der Waals surface area contributed by atoms with Gasteiger partial charge in [0, 0.05) is 25.4 Å². The minimum atomic E-state index is -0.622. The summed E-state index contributed by atoms with van der Waals surface area (Å²) >= 11 is 0. The highest BCUT2D eigenvalue weighted by molar-refractivity contribution is 5.88. The lowest BCUT2D eigenvalue weighted by Gasteiger charge is -2.38. The van der Waals surface area contributed by atoms with Crippen LogP contribution >= 0.6 is 0 Å². The Labute approximate surface area is 149 Å². The number of benzene rings is 2. The Morgan fingerprint density at radius 2 is 1.68 bits per heavy atom. The minimum Gasteiger partial charge on any atom is -0.394 e. The number of likely N-dealkylation sites (N-methyl/N-ethyl adjacent to an activating group) is 1. The van der Waals surface area contributed by atoms with E-state index in [2.05, 4.69) is 34.5 Å². The zero-order valence-electron chi connectivity index (χ0n) is 14.9. The molecule has 0 aromatic heterocycles. The summed E-state index contributed by atoms with van der Waals surface area (Å²) in [6.07, 6.45) is 1.38. The van der Waals surface area contributed by atoms with E-state index in [-0.39, 0.29) is 18.6 Å². The molecule has 25 heavy (non-hydrogen) atoms. The Bertz CT molecular complexity index is 705. The van der Waals surface area contributed by atoms with E-state index in [1.54, 1.807) is 0 Å². The molecule has 2 N–H and O–H groups in total. The van der Waals surface area contributed by atoms with Crippen LogP contribution in [0.5, 0.6) is 0 Å². The zero-order valence-corrected chi connectivity index (χ0v) is 14.9. The van der Waals surface area contributed by atoms with Gasteiger partial charge in [-0.3, -0.25) is 9.69 Å². The first-order chi connectivity index (χ1) is 12.0. The first kappa shape index (κ1) is 17.6. The smallest absolute Gasteiger partial charge is 0.241 e. The standard InChI is InChI=1S/C21H26N2O2/c1-16(15-24)22-20(25)21(12-18-10-6-7-11-19(18)13-21)23(2)14-17-8-4-3-5-9-17/h3-11,16,24H,12-15H2,1-2H3,(H,22,25)/t16-/m1/s1. The third-order valence-electron chi connectivity index (χ3n) is 5.15. The summed E-state index contributed by atoms with van der Waals surface area (Å²) in [5.41, 5.74) is 3.02. The van der Waals surface area contributed by atoms with Gasteiger partial charge in [0.1, 0.15) is 5.54 Å². The summed E-state index contributed by atoms with van der Waals surface area (Å²) in [6, 6.07) is 18.2. The molecule has 0 bridgehead atoms. The van der Waals surface area contributed by atoms with Crippen molar-refractivity contribution in [2.75, 3.05) is 13.7 Å². The number of hydrogen-bond acceptors (Lipinski definition) is 3. The number of fused-ring (bicyclic) bond motifs is 1. The molecule has 0 saturated heterocycles. The SMILES string of the molecule is C[C@H](CO)NC(=O)C1(N(C)Cc2ccccc2)Cc2ccccc2C1. The van der Waals surface area contributed by atoms with Gasteiger partial charge in [-0.15, -0.1) is 0 Å². The van der Waals surface area contributed by atoms with Crippen molar-refractivity contribution >= 4 is 5.91 Å². The molecule has 3 rings (SSSR count). The van der Waals surface area contributed by atoms with Crippen molar-refractivity contribution < 1.29 is 9.90 Å². The van der Waals surface area contributed by atoms with Gasteiger partial charge in [-0.1, -0.05) is 54.6 Å². The molecular weight excluding hydrogens is 312 g/mol. The van der Waals surface area contributed by atoms with Gasteiger partial charge in [-0.25, -0.2) is 0 Å². The topological polar surface area (TPSA) is 52.6 Å². The highest BCUT2D eigenvalue weighted by atomic mass is 16.3. The molecule has 0 heterocycles. The average molecular weight is 338 g/mol. The Morgan fingerprint density at radius 3 is 2.24 bits per heavy atom. The van der Waals surface area contributed by atoms with Crippen LogP contribution in [0.15, 0.2) is 54.6 Å². The molecular formula is C21H26N2O2. The van der Waals surface area contributed by atoms with Gasteiger partial charge >= 0.3 is 0 Å². The maximum Gasteiger partial charge on any atom is 0.241 e. The molecule has 4 heteroatoms. The minimum absolute atomic E-state index is 0.0105. The van der Waals surface area contributed by atoms with E-state index in [9.17, 15) is 9.90 Å². The van der Waals surface area contributed by atoms with Crippen molar-refractivity contribution in [3.63, 3.8) is 0 Å². The molecule has 1 amide bonds. The molecule has 2 aromatic rings. The Balaban J connectivity index is 1.89. The number of carbonyl (C=O) groups is 1. The maximum absolute atomic E-state index is 13.2. The van der Waals surface area contributed by atoms with E-state index in [4.69, 9.17) is 0 Å². The van der Waals surface area contributed by atoms with Crippen LogP contribution in [0.1, 0.15) is 23.6 Å². The van der Waals surface area contributed by atoms with Gasteiger partial charge < -0.3 is 10.4 Å². The quantitative estimate of drug-likeness (QED) is 0.849. The van der Waals surface area contributed by atoms with Crippen molar-refractivity contribution in [3.8, 4) is 0 Å². The van der Waals surface area contributed by atoms with Crippen LogP contribution in [0.4, 0.5) is 0 Å². The highest BCUT2D eigenvalue weighted by Crippen LogP contribution is 2.35. The van der Waals surface area contributed by atoms with E-state index >= 15 is 0 Å². The van der Waals surface area contributed by atoms with Crippen molar-refractivity contribution in [1.82, 2.24) is 10.2 Å². The molecule has 132 valence electrons. The van der Waals surface area contributed by atoms with E-state index in [1.165, 1.54) is 16.7 Å². The van der Waals surface area contributed by atoms with Crippen LogP contribution < -0.4 is 5.32 Å². The lowest BCUT2D eigenvalue weighted by atomic mass is 9.91. The third kappa shape index (κ3) is 3.60. The maximum atomic E-state index is 13.2. The summed E-state index contributed by atoms with van der Waals surface area (Å²) in [7, 11) is 2.02. The highest BCUT2D eigenvalue weighted by Gasteiger charge is 2.47. The lowest BCUT2D eigenvalue weighted by molar-refractivity contribution is -0.133. The van der Waals surface area contributed by atoms with Gasteiger partial charge in [0.25, 0.3) is 0 Å². The predicted octanol–water partition coefficient (Wildman–Crippen LogP) is 2.15. The lowest BCUT2D eigenvalue weighted by Crippen LogP contribution is -2.59. The molecule has 0 radical (unpaired) electrons. The molecule has 0 unspecified atom stereocenters. The Hall–Kier alpha value is -2.17. The molecule has 1 atom stereocenters. The van der Waals surface area contributed by atoms with E-state index < -0.39 is 5.54 Å². The number of aliphatic hydroxyl groups is 1. The molecule has 0 aliphatic heterocycles. The number of carbonyl (C=O) groups excluding carboxylic acids is 1. The molecule has 0 spiro atoms. The number of nitrogens with zero attached hydrogens (tertiary/aromatic N) is 1. The van der Waals surface area contributed by atoms with E-state index in [0.717, 1.165) is 0 Å². The Kier molecular flexibility index (Phi) is 5.21. The van der Waals surface area contributed by atoms with Gasteiger partial charge in [0.05, 0.1) is 6.61 Å². The summed E-state index contributed by atoms with van der Waals surface area (Å²) in [4.78, 5) is 15.3. The van der Waals surface area contributed by atoms with Crippen LogP contribution in [0.2, 0.25) is 0 Å². The molecule has 0 fully saturated rings. The summed E-state index contributed by atoms with van der Waals surface area (Å²) < 4.78 is 0. The number of nitrogens with one attached hydrogen (secondary N) is 1. The average Bonchev–Trinajstić information content (AvgIpc) is 3.03. The van der Waals surface area contributed by atoms with Crippen LogP contribution in [-0.2, 0) is 24.2 Å². The summed E-state index contributed by atoms with van der Waals surface area (Å²) in [5.74, 6) is -0.0105. The van der Waals surface area contributed by atoms with Gasteiger partial charge in [0.15, 0.2) is 0 Å². The molecule has 0 saturated carbocycles. The Morgan fingerprint density at radius 1 is 1.12 bits per heavy atom. The van der Waals surface area contributed by atoms with Crippen LogP contribution in [-0.4, -0.2) is 41.1 Å². The molecule has 4 nitrogen and oxygen atoms in total. The number of rotatable bonds is 6. The molecule has 2 aromatic carbocycles. The summed E-state index contributed by atoms with van der Waals surface area (Å²) in [6.45, 7) is 2.47. The first-order valence-corrected chi connectivity index (χ1v) is 8.79. The zero-order chi connectivity index (χ0) is 17.9. The number of hydrogen-bond donors (Lipinski definition) is 2. The molecule has 1 aliphatic rings.